The molecule has 0 aliphatic carbocycles. The maximum Gasteiger partial charge on any atom is 0.433 e. The maximum absolute atomic E-state index is 11.5. The number of carbonyl (C=O) groups excluding carboxylic acids is 1. The Morgan fingerprint density at radius 3 is 3.00 bits per heavy atom. The van der Waals surface area contributed by atoms with E-state index in [1.165, 1.54) is 41.8 Å². The minimum atomic E-state index is -0.615. The van der Waals surface area contributed by atoms with E-state index in [1.807, 2.05) is 17.5 Å². The van der Waals surface area contributed by atoms with Crippen molar-refractivity contribution in [1.82, 2.24) is 5.43 Å². The molecule has 21 heavy (non-hydrogen) atoms. The van der Waals surface area contributed by atoms with Gasteiger partial charge in [-0.25, -0.2) is 5.43 Å². The number of furan rings is 1. The highest BCUT2D eigenvalue weighted by atomic mass is 32.1. The minimum Gasteiger partial charge on any atom is -0.401 e. The quantitative estimate of drug-likeness (QED) is 0.504. The van der Waals surface area contributed by atoms with Gasteiger partial charge in [-0.3, -0.25) is 14.9 Å². The molecule has 1 amide bonds. The number of nitro groups is 1. The van der Waals surface area contributed by atoms with Crippen molar-refractivity contribution >= 4 is 35.4 Å². The van der Waals surface area contributed by atoms with Crippen LogP contribution in [-0.4, -0.2) is 17.0 Å². The Kier molecular flexibility index (Phi) is 4.99. The molecule has 8 heteroatoms. The second-order valence-electron chi connectivity index (χ2n) is 3.86. The molecule has 0 spiro atoms. The first kappa shape index (κ1) is 14.7. The third-order valence-corrected chi connectivity index (χ3v) is 3.19. The van der Waals surface area contributed by atoms with Gasteiger partial charge in [0.15, 0.2) is 0 Å². The van der Waals surface area contributed by atoms with Gasteiger partial charge in [0.1, 0.15) is 10.7 Å². The number of hydrogen-bond acceptors (Lipinski definition) is 6. The van der Waals surface area contributed by atoms with Gasteiger partial charge >= 0.3 is 5.88 Å². The summed E-state index contributed by atoms with van der Waals surface area (Å²) in [6.45, 7) is 0. The summed E-state index contributed by atoms with van der Waals surface area (Å²) in [7, 11) is 0. The number of allylic oxidation sites excluding steroid dienone is 1. The van der Waals surface area contributed by atoms with E-state index in [0.29, 0.717) is 5.76 Å². The maximum atomic E-state index is 11.5. The topological polar surface area (TPSA) is 97.7 Å². The summed E-state index contributed by atoms with van der Waals surface area (Å²) < 4.78 is 4.91. The predicted molar refractivity (Wildman–Crippen MR) is 79.1 cm³/mol. The molecule has 2 rings (SSSR count). The molecule has 0 unspecified atom stereocenters. The molecular formula is C13H11N3O4S. The van der Waals surface area contributed by atoms with Crippen LogP contribution < -0.4 is 5.43 Å². The highest BCUT2D eigenvalue weighted by Crippen LogP contribution is 2.16. The summed E-state index contributed by atoms with van der Waals surface area (Å²) in [4.78, 5) is 22.2. The van der Waals surface area contributed by atoms with E-state index >= 15 is 0 Å². The van der Waals surface area contributed by atoms with Crippen LogP contribution in [0.25, 0.3) is 6.08 Å². The summed E-state index contributed by atoms with van der Waals surface area (Å²) in [5.41, 5.74) is 2.38. The molecule has 0 fully saturated rings. The second-order valence-corrected chi connectivity index (χ2v) is 4.89. The fraction of sp³-hybridized carbons (Fsp3) is 0.0769. The van der Waals surface area contributed by atoms with Gasteiger partial charge < -0.3 is 4.42 Å². The number of hydrogen-bond donors (Lipinski definition) is 1. The number of rotatable bonds is 6. The summed E-state index contributed by atoms with van der Waals surface area (Å²) in [6, 6.07) is 6.48. The normalized spacial score (nSPS) is 11.2. The van der Waals surface area contributed by atoms with E-state index in [9.17, 15) is 14.9 Å². The molecule has 108 valence electrons. The van der Waals surface area contributed by atoms with Gasteiger partial charge in [0, 0.05) is 11.1 Å². The van der Waals surface area contributed by atoms with E-state index in [2.05, 4.69) is 10.5 Å². The smallest absolute Gasteiger partial charge is 0.401 e. The minimum absolute atomic E-state index is 0.212. The van der Waals surface area contributed by atoms with Gasteiger partial charge in [0.05, 0.1) is 12.5 Å². The van der Waals surface area contributed by atoms with Gasteiger partial charge in [-0.05, 0) is 29.7 Å². The van der Waals surface area contributed by atoms with Crippen LogP contribution in [0.5, 0.6) is 0 Å². The molecule has 0 saturated carbocycles. The van der Waals surface area contributed by atoms with Crippen molar-refractivity contribution in [3.05, 3.63) is 56.5 Å². The van der Waals surface area contributed by atoms with E-state index in [-0.39, 0.29) is 18.2 Å². The Balaban J connectivity index is 1.77. The van der Waals surface area contributed by atoms with Gasteiger partial charge in [-0.2, -0.15) is 5.10 Å². The number of nitrogens with zero attached hydrogens (tertiary/aromatic N) is 2. The molecule has 2 heterocycles. The van der Waals surface area contributed by atoms with Crippen LogP contribution in [0.15, 0.2) is 45.2 Å². The van der Waals surface area contributed by atoms with Crippen molar-refractivity contribution in [2.75, 3.05) is 0 Å². The van der Waals surface area contributed by atoms with Crippen LogP contribution in [0.4, 0.5) is 5.88 Å². The number of carbonyl (C=O) groups is 1. The molecule has 0 aliphatic heterocycles. The van der Waals surface area contributed by atoms with Crippen molar-refractivity contribution in [3.63, 3.8) is 0 Å². The van der Waals surface area contributed by atoms with E-state index in [1.54, 1.807) is 0 Å². The average Bonchev–Trinajstić information content (AvgIpc) is 3.09. The Morgan fingerprint density at radius 1 is 1.48 bits per heavy atom. The lowest BCUT2D eigenvalue weighted by molar-refractivity contribution is -0.402. The zero-order valence-electron chi connectivity index (χ0n) is 10.8. The lowest BCUT2D eigenvalue weighted by Crippen LogP contribution is -2.18. The largest absolute Gasteiger partial charge is 0.433 e. The molecule has 0 saturated heterocycles. The summed E-state index contributed by atoms with van der Waals surface area (Å²) in [5.74, 6) is -0.204. The van der Waals surface area contributed by atoms with Crippen LogP contribution in [0.1, 0.15) is 10.6 Å². The summed E-state index contributed by atoms with van der Waals surface area (Å²) in [6.07, 6.45) is 4.65. The molecular weight excluding hydrogens is 294 g/mol. The zero-order valence-corrected chi connectivity index (χ0v) is 11.6. The number of nitrogens with one attached hydrogen (secondary N) is 1. The van der Waals surface area contributed by atoms with Crippen LogP contribution in [0, 0.1) is 10.1 Å². The number of thiophene rings is 1. The van der Waals surface area contributed by atoms with Gasteiger partial charge in [0.25, 0.3) is 0 Å². The van der Waals surface area contributed by atoms with Crippen LogP contribution >= 0.6 is 11.3 Å². The molecule has 2 aromatic rings. The fourth-order valence-electron chi connectivity index (χ4n) is 1.43. The molecule has 0 bridgehead atoms. The first-order valence-corrected chi connectivity index (χ1v) is 6.78. The standard InChI is InChI=1S/C13H11N3O4S/c17-12(9-11-4-2-8-21-11)15-14-7-1-3-10-5-6-13(20-10)16(18)19/h1-8H,9H2,(H,15,17)/b3-1+,14-7+. The SMILES string of the molecule is O=C(Cc1cccs1)N/N=C/C=C/c1ccc([N+](=O)[O-])o1. The number of amides is 1. The molecule has 7 nitrogen and oxygen atoms in total. The molecule has 2 aromatic heterocycles. The summed E-state index contributed by atoms with van der Waals surface area (Å²) in [5, 5.41) is 16.0. The van der Waals surface area contributed by atoms with Crippen molar-refractivity contribution in [2.45, 2.75) is 6.42 Å². The number of hydrazone groups is 1. The van der Waals surface area contributed by atoms with E-state index in [0.717, 1.165) is 4.88 Å². The third-order valence-electron chi connectivity index (χ3n) is 2.32. The fourth-order valence-corrected chi connectivity index (χ4v) is 2.13. The van der Waals surface area contributed by atoms with Gasteiger partial charge in [-0.1, -0.05) is 6.07 Å². The van der Waals surface area contributed by atoms with Gasteiger partial charge in [0.2, 0.25) is 5.91 Å². The molecule has 1 N–H and O–H groups in total. The lowest BCUT2D eigenvalue weighted by atomic mass is 10.3. The molecule has 0 aromatic carbocycles. The highest BCUT2D eigenvalue weighted by molar-refractivity contribution is 7.10. The van der Waals surface area contributed by atoms with Crippen molar-refractivity contribution in [3.8, 4) is 0 Å². The van der Waals surface area contributed by atoms with Crippen molar-refractivity contribution in [1.29, 1.82) is 0 Å². The Morgan fingerprint density at radius 2 is 2.33 bits per heavy atom. The monoisotopic (exact) mass is 305 g/mol. The second kappa shape index (κ2) is 7.15. The molecule has 0 atom stereocenters. The first-order valence-electron chi connectivity index (χ1n) is 5.90. The van der Waals surface area contributed by atoms with Gasteiger partial charge in [-0.15, -0.1) is 11.3 Å². The zero-order chi connectivity index (χ0) is 15.1. The van der Waals surface area contributed by atoms with Crippen molar-refractivity contribution in [2.24, 2.45) is 5.10 Å². The van der Waals surface area contributed by atoms with Crippen LogP contribution in [0.3, 0.4) is 0 Å². The Bertz CT molecular complexity index is 673. The molecule has 0 aliphatic rings. The Labute approximate surface area is 123 Å². The first-order chi connectivity index (χ1) is 10.1. The Hall–Kier alpha value is -2.74. The third kappa shape index (κ3) is 4.69. The van der Waals surface area contributed by atoms with Crippen molar-refractivity contribution < 1.29 is 14.1 Å². The predicted octanol–water partition coefficient (Wildman–Crippen LogP) is 2.61. The van der Waals surface area contributed by atoms with E-state index in [4.69, 9.17) is 4.42 Å². The lowest BCUT2D eigenvalue weighted by Gasteiger charge is -1.95. The van der Waals surface area contributed by atoms with Crippen LogP contribution in [-0.2, 0) is 11.2 Å². The average molecular weight is 305 g/mol. The van der Waals surface area contributed by atoms with Crippen LogP contribution in [0.2, 0.25) is 0 Å². The summed E-state index contributed by atoms with van der Waals surface area (Å²) >= 11 is 1.50. The van der Waals surface area contributed by atoms with E-state index < -0.39 is 4.92 Å². The highest BCUT2D eigenvalue weighted by Gasteiger charge is 2.09. The molecule has 0 radical (unpaired) electrons.